The zero-order valence-electron chi connectivity index (χ0n) is 17.0. The second kappa shape index (κ2) is 7.24. The van der Waals surface area contributed by atoms with Crippen molar-refractivity contribution in [3.8, 4) is 5.75 Å². The van der Waals surface area contributed by atoms with Gasteiger partial charge in [0.2, 0.25) is 5.78 Å². The number of carbonyl (C=O) groups excluding carboxylic acids is 1. The molecular formula is C24H23NO4. The van der Waals surface area contributed by atoms with Crippen LogP contribution in [0, 0.1) is 13.8 Å². The molecule has 0 bridgehead atoms. The maximum absolute atomic E-state index is 12.9. The molecular weight excluding hydrogens is 366 g/mol. The van der Waals surface area contributed by atoms with Crippen LogP contribution in [0.25, 0.3) is 21.9 Å². The quantitative estimate of drug-likeness (QED) is 0.366. The molecule has 0 spiro atoms. The minimum atomic E-state index is -0.322. The van der Waals surface area contributed by atoms with Gasteiger partial charge < -0.3 is 13.7 Å². The first-order valence-corrected chi connectivity index (χ1v) is 9.68. The Labute approximate surface area is 168 Å². The van der Waals surface area contributed by atoms with E-state index in [1.165, 1.54) is 0 Å². The van der Waals surface area contributed by atoms with Gasteiger partial charge in [0.15, 0.2) is 6.61 Å². The first-order chi connectivity index (χ1) is 13.9. The highest BCUT2D eigenvalue weighted by Crippen LogP contribution is 2.27. The molecule has 0 fully saturated rings. The van der Waals surface area contributed by atoms with E-state index in [9.17, 15) is 9.59 Å². The van der Waals surface area contributed by atoms with Crippen molar-refractivity contribution in [2.75, 3.05) is 6.61 Å². The van der Waals surface area contributed by atoms with Gasteiger partial charge in [-0.25, -0.2) is 4.79 Å². The number of fused-ring (bicyclic) bond motifs is 2. The lowest BCUT2D eigenvalue weighted by molar-refractivity contribution is 0.0922. The SMILES string of the molecule is CCc1c(C)c2ccc(OCC(=O)c3c(C)n(C)c4ccccc34)cc2oc1=O. The van der Waals surface area contributed by atoms with Crippen LogP contribution in [0.2, 0.25) is 0 Å². The summed E-state index contributed by atoms with van der Waals surface area (Å²) in [7, 11) is 1.95. The Hall–Kier alpha value is -3.34. The van der Waals surface area contributed by atoms with Crippen molar-refractivity contribution in [3.05, 3.63) is 75.3 Å². The van der Waals surface area contributed by atoms with Gasteiger partial charge in [-0.2, -0.15) is 0 Å². The van der Waals surface area contributed by atoms with Crippen molar-refractivity contribution in [3.63, 3.8) is 0 Å². The number of ketones is 1. The fraction of sp³-hybridized carbons (Fsp3) is 0.250. The number of aromatic nitrogens is 1. The predicted octanol–water partition coefficient (Wildman–Crippen LogP) is 4.73. The number of carbonyl (C=O) groups is 1. The Bertz CT molecular complexity index is 1310. The van der Waals surface area contributed by atoms with Gasteiger partial charge in [-0.1, -0.05) is 25.1 Å². The lowest BCUT2D eigenvalue weighted by atomic mass is 10.0. The molecule has 0 aliphatic rings. The fourth-order valence-corrected chi connectivity index (χ4v) is 3.97. The average molecular weight is 389 g/mol. The minimum absolute atomic E-state index is 0.0849. The van der Waals surface area contributed by atoms with Crippen LogP contribution in [0.5, 0.6) is 5.75 Å². The largest absolute Gasteiger partial charge is 0.485 e. The summed E-state index contributed by atoms with van der Waals surface area (Å²) in [6.07, 6.45) is 0.626. The van der Waals surface area contributed by atoms with Crippen LogP contribution in [0.1, 0.15) is 34.1 Å². The van der Waals surface area contributed by atoms with Crippen molar-refractivity contribution in [1.29, 1.82) is 0 Å². The number of nitrogens with zero attached hydrogens (tertiary/aromatic N) is 1. The van der Waals surface area contributed by atoms with Gasteiger partial charge in [0.1, 0.15) is 11.3 Å². The molecule has 29 heavy (non-hydrogen) atoms. The van der Waals surface area contributed by atoms with Gasteiger partial charge >= 0.3 is 5.63 Å². The number of hydrogen-bond acceptors (Lipinski definition) is 4. The predicted molar refractivity (Wildman–Crippen MR) is 114 cm³/mol. The van der Waals surface area contributed by atoms with Gasteiger partial charge in [0.05, 0.1) is 0 Å². The van der Waals surface area contributed by atoms with Crippen molar-refractivity contribution >= 4 is 27.7 Å². The topological polar surface area (TPSA) is 61.4 Å². The number of para-hydroxylation sites is 1. The third kappa shape index (κ3) is 3.12. The number of benzene rings is 2. The van der Waals surface area contributed by atoms with Crippen molar-refractivity contribution in [1.82, 2.24) is 4.57 Å². The molecule has 0 aliphatic heterocycles. The Morgan fingerprint density at radius 3 is 2.62 bits per heavy atom. The van der Waals surface area contributed by atoms with E-state index in [0.29, 0.717) is 28.9 Å². The summed E-state index contributed by atoms with van der Waals surface area (Å²) in [5.41, 5.74) is 4.36. The van der Waals surface area contributed by atoms with Gasteiger partial charge in [0.25, 0.3) is 0 Å². The van der Waals surface area contributed by atoms with Gasteiger partial charge in [-0.05, 0) is 44.0 Å². The molecule has 0 amide bonds. The van der Waals surface area contributed by atoms with E-state index in [2.05, 4.69) is 0 Å². The molecule has 2 aromatic carbocycles. The molecule has 4 aromatic rings. The second-order valence-corrected chi connectivity index (χ2v) is 7.25. The summed E-state index contributed by atoms with van der Waals surface area (Å²) in [5.74, 6) is 0.411. The molecule has 5 nitrogen and oxygen atoms in total. The normalized spacial score (nSPS) is 11.3. The van der Waals surface area contributed by atoms with E-state index in [-0.39, 0.29) is 18.0 Å². The molecule has 148 valence electrons. The number of ether oxygens (including phenoxy) is 1. The summed E-state index contributed by atoms with van der Waals surface area (Å²) in [4.78, 5) is 25.1. The lowest BCUT2D eigenvalue weighted by Crippen LogP contribution is -2.13. The van der Waals surface area contributed by atoms with Crippen LogP contribution in [0.15, 0.2) is 51.7 Å². The Balaban J connectivity index is 1.63. The summed E-state index contributed by atoms with van der Waals surface area (Å²) >= 11 is 0. The zero-order chi connectivity index (χ0) is 20.7. The molecule has 0 unspecified atom stereocenters. The Kier molecular flexibility index (Phi) is 4.74. The van der Waals surface area contributed by atoms with Crippen molar-refractivity contribution in [2.45, 2.75) is 27.2 Å². The highest BCUT2D eigenvalue weighted by Gasteiger charge is 2.19. The van der Waals surface area contributed by atoms with E-state index in [1.54, 1.807) is 12.1 Å². The number of aryl methyl sites for hydroxylation is 2. The highest BCUT2D eigenvalue weighted by atomic mass is 16.5. The third-order valence-electron chi connectivity index (χ3n) is 5.66. The molecule has 0 radical (unpaired) electrons. The van der Waals surface area contributed by atoms with Gasteiger partial charge in [-0.15, -0.1) is 0 Å². The molecule has 0 aliphatic carbocycles. The number of Topliss-reactive ketones (excluding diaryl/α,β-unsaturated/α-hetero) is 1. The molecule has 5 heteroatoms. The lowest BCUT2D eigenvalue weighted by Gasteiger charge is -2.09. The fourth-order valence-electron chi connectivity index (χ4n) is 3.97. The van der Waals surface area contributed by atoms with Crippen LogP contribution in [0.4, 0.5) is 0 Å². The average Bonchev–Trinajstić information content (AvgIpc) is 2.97. The molecule has 0 saturated carbocycles. The van der Waals surface area contributed by atoms with E-state index in [4.69, 9.17) is 9.15 Å². The molecule has 2 heterocycles. The van der Waals surface area contributed by atoms with Crippen LogP contribution in [-0.2, 0) is 13.5 Å². The first-order valence-electron chi connectivity index (χ1n) is 9.68. The Morgan fingerprint density at radius 1 is 1.10 bits per heavy atom. The van der Waals surface area contributed by atoms with Crippen molar-refractivity contribution < 1.29 is 13.9 Å². The van der Waals surface area contributed by atoms with Crippen LogP contribution < -0.4 is 10.4 Å². The van der Waals surface area contributed by atoms with E-state index in [1.807, 2.05) is 62.7 Å². The van der Waals surface area contributed by atoms with Crippen LogP contribution >= 0.6 is 0 Å². The zero-order valence-corrected chi connectivity index (χ0v) is 17.0. The molecule has 0 saturated heterocycles. The first kappa shape index (κ1) is 19.0. The number of hydrogen-bond donors (Lipinski definition) is 0. The summed E-state index contributed by atoms with van der Waals surface area (Å²) in [6.45, 7) is 5.71. The molecule has 2 aromatic heterocycles. The summed E-state index contributed by atoms with van der Waals surface area (Å²) in [5, 5.41) is 1.80. The number of rotatable bonds is 5. The second-order valence-electron chi connectivity index (χ2n) is 7.25. The Morgan fingerprint density at radius 2 is 1.86 bits per heavy atom. The maximum atomic E-state index is 12.9. The molecule has 0 atom stereocenters. The van der Waals surface area contributed by atoms with Gasteiger partial charge in [0, 0.05) is 46.2 Å². The molecule has 0 N–H and O–H groups in total. The maximum Gasteiger partial charge on any atom is 0.339 e. The minimum Gasteiger partial charge on any atom is -0.485 e. The van der Waals surface area contributed by atoms with Crippen LogP contribution in [-0.4, -0.2) is 17.0 Å². The summed E-state index contributed by atoms with van der Waals surface area (Å²) < 4.78 is 13.2. The van der Waals surface area contributed by atoms with E-state index in [0.717, 1.165) is 27.5 Å². The van der Waals surface area contributed by atoms with E-state index < -0.39 is 0 Å². The molecule has 4 rings (SSSR count). The highest BCUT2D eigenvalue weighted by molar-refractivity contribution is 6.10. The van der Waals surface area contributed by atoms with Crippen LogP contribution in [0.3, 0.4) is 0 Å². The van der Waals surface area contributed by atoms with E-state index >= 15 is 0 Å². The van der Waals surface area contributed by atoms with Crippen molar-refractivity contribution in [2.24, 2.45) is 7.05 Å². The standard InChI is InChI=1S/C24H23NO4/c1-5-17-14(2)18-11-10-16(12-22(18)29-24(17)27)28-13-21(26)23-15(3)25(4)20-9-7-6-8-19(20)23/h6-12H,5,13H2,1-4H3. The third-order valence-corrected chi connectivity index (χ3v) is 5.66. The summed E-state index contributed by atoms with van der Waals surface area (Å²) in [6, 6.07) is 13.2. The monoisotopic (exact) mass is 389 g/mol. The smallest absolute Gasteiger partial charge is 0.339 e. The van der Waals surface area contributed by atoms with Gasteiger partial charge in [-0.3, -0.25) is 4.79 Å².